The summed E-state index contributed by atoms with van der Waals surface area (Å²) in [6.07, 6.45) is 6.89. The number of nitrogens with two attached hydrogens (primary N) is 2. The molecule has 0 bridgehead atoms. The van der Waals surface area contributed by atoms with Crippen molar-refractivity contribution in [3.63, 3.8) is 0 Å². The highest BCUT2D eigenvalue weighted by molar-refractivity contribution is 5.81. The highest BCUT2D eigenvalue weighted by Crippen LogP contribution is 2.34. The average Bonchev–Trinajstić information content (AvgIpc) is 2.76. The van der Waals surface area contributed by atoms with Crippen molar-refractivity contribution >= 4 is 17.0 Å². The first kappa shape index (κ1) is 10.5. The number of hydrogen-bond acceptors (Lipinski definition) is 5. The molecule has 5 N–H and O–H groups in total. The highest BCUT2D eigenvalue weighted by Gasteiger charge is 2.32. The van der Waals surface area contributed by atoms with Gasteiger partial charge in [0.2, 0.25) is 0 Å². The molecule has 0 spiro atoms. The lowest BCUT2D eigenvalue weighted by Gasteiger charge is -2.31. The van der Waals surface area contributed by atoms with Crippen LogP contribution in [-0.2, 0) is 5.54 Å². The van der Waals surface area contributed by atoms with Crippen molar-refractivity contribution in [3.8, 4) is 0 Å². The molecule has 0 aromatic carbocycles. The summed E-state index contributed by atoms with van der Waals surface area (Å²) in [6.45, 7) is 0. The quantitative estimate of drug-likeness (QED) is 0.681. The van der Waals surface area contributed by atoms with Crippen molar-refractivity contribution in [1.82, 2.24) is 19.9 Å². The summed E-state index contributed by atoms with van der Waals surface area (Å²) in [5, 5.41) is 0. The van der Waals surface area contributed by atoms with Gasteiger partial charge in [-0.25, -0.2) is 15.0 Å². The van der Waals surface area contributed by atoms with Crippen LogP contribution in [0, 0.1) is 0 Å². The lowest BCUT2D eigenvalue weighted by atomic mass is 9.82. The van der Waals surface area contributed by atoms with Gasteiger partial charge < -0.3 is 16.5 Å². The summed E-state index contributed by atoms with van der Waals surface area (Å²) < 4.78 is 0. The van der Waals surface area contributed by atoms with Crippen LogP contribution in [0.3, 0.4) is 0 Å². The summed E-state index contributed by atoms with van der Waals surface area (Å²) in [4.78, 5) is 15.7. The molecular formula is C11H16N6. The molecule has 2 aromatic heterocycles. The third kappa shape index (κ3) is 1.64. The van der Waals surface area contributed by atoms with E-state index >= 15 is 0 Å². The van der Waals surface area contributed by atoms with Crippen LogP contribution in [-0.4, -0.2) is 19.9 Å². The number of aromatic amines is 1. The van der Waals surface area contributed by atoms with E-state index in [1.54, 1.807) is 0 Å². The normalized spacial score (nSPS) is 19.6. The smallest absolute Gasteiger partial charge is 0.183 e. The van der Waals surface area contributed by atoms with Gasteiger partial charge in [0.25, 0.3) is 0 Å². The van der Waals surface area contributed by atoms with E-state index in [-0.39, 0.29) is 5.54 Å². The standard InChI is InChI=1S/C11H16N6/c12-8-7-9(15-6-14-8)17-10(16-7)11(13)4-2-1-3-5-11/h6H,1-5,13H2,(H3,12,14,15,16,17). The lowest BCUT2D eigenvalue weighted by Crippen LogP contribution is -2.39. The minimum Gasteiger partial charge on any atom is -0.382 e. The van der Waals surface area contributed by atoms with Crippen LogP contribution < -0.4 is 11.5 Å². The Morgan fingerprint density at radius 3 is 2.65 bits per heavy atom. The van der Waals surface area contributed by atoms with Crippen LogP contribution in [0.15, 0.2) is 6.33 Å². The summed E-state index contributed by atoms with van der Waals surface area (Å²) in [6, 6.07) is 0. The topological polar surface area (TPSA) is 106 Å². The SMILES string of the molecule is Nc1ncnc2nc(C3(N)CCCCC3)[nH]c12. The van der Waals surface area contributed by atoms with E-state index in [1.807, 2.05) is 0 Å². The maximum atomic E-state index is 6.41. The van der Waals surface area contributed by atoms with E-state index in [0.717, 1.165) is 31.5 Å². The minimum absolute atomic E-state index is 0.356. The number of anilines is 1. The van der Waals surface area contributed by atoms with E-state index in [1.165, 1.54) is 12.7 Å². The second-order valence-electron chi connectivity index (χ2n) is 4.76. The van der Waals surface area contributed by atoms with Crippen LogP contribution in [0.5, 0.6) is 0 Å². The largest absolute Gasteiger partial charge is 0.382 e. The second kappa shape index (κ2) is 3.66. The number of hydrogen-bond donors (Lipinski definition) is 3. The number of rotatable bonds is 1. The fourth-order valence-corrected chi connectivity index (χ4v) is 2.50. The zero-order valence-electron chi connectivity index (χ0n) is 9.61. The molecule has 0 atom stereocenters. The van der Waals surface area contributed by atoms with Crippen molar-refractivity contribution in [2.75, 3.05) is 5.73 Å². The van der Waals surface area contributed by atoms with Gasteiger partial charge in [-0.1, -0.05) is 19.3 Å². The van der Waals surface area contributed by atoms with Crippen LogP contribution >= 0.6 is 0 Å². The predicted octanol–water partition coefficient (Wildman–Crippen LogP) is 1.05. The fourth-order valence-electron chi connectivity index (χ4n) is 2.50. The highest BCUT2D eigenvalue weighted by atomic mass is 15.1. The molecule has 0 saturated heterocycles. The Bertz CT molecular complexity index is 540. The summed E-state index contributed by atoms with van der Waals surface area (Å²) >= 11 is 0. The van der Waals surface area contributed by atoms with Crippen LogP contribution in [0.4, 0.5) is 5.82 Å². The third-order valence-corrected chi connectivity index (χ3v) is 3.54. The average molecular weight is 232 g/mol. The first-order valence-electron chi connectivity index (χ1n) is 5.95. The summed E-state index contributed by atoms with van der Waals surface area (Å²) in [5.41, 5.74) is 13.1. The summed E-state index contributed by atoms with van der Waals surface area (Å²) in [7, 11) is 0. The number of H-pyrrole nitrogens is 1. The Kier molecular flexibility index (Phi) is 2.25. The Balaban J connectivity index is 2.08. The molecule has 1 aliphatic rings. The van der Waals surface area contributed by atoms with E-state index in [0.29, 0.717) is 17.0 Å². The Morgan fingerprint density at radius 1 is 1.18 bits per heavy atom. The Hall–Kier alpha value is -1.69. The molecular weight excluding hydrogens is 216 g/mol. The van der Waals surface area contributed by atoms with Gasteiger partial charge >= 0.3 is 0 Å². The number of nitrogens with zero attached hydrogens (tertiary/aromatic N) is 3. The molecule has 0 aliphatic heterocycles. The van der Waals surface area contributed by atoms with Crippen molar-refractivity contribution in [2.45, 2.75) is 37.6 Å². The van der Waals surface area contributed by atoms with Gasteiger partial charge in [-0.05, 0) is 12.8 Å². The molecule has 0 unspecified atom stereocenters. The van der Waals surface area contributed by atoms with Crippen molar-refractivity contribution in [2.24, 2.45) is 5.73 Å². The monoisotopic (exact) mass is 232 g/mol. The lowest BCUT2D eigenvalue weighted by molar-refractivity contribution is 0.289. The molecule has 3 rings (SSSR count). The summed E-state index contributed by atoms with van der Waals surface area (Å²) in [5.74, 6) is 1.22. The van der Waals surface area contributed by atoms with E-state index in [9.17, 15) is 0 Å². The molecule has 17 heavy (non-hydrogen) atoms. The fraction of sp³-hybridized carbons (Fsp3) is 0.545. The molecule has 1 saturated carbocycles. The van der Waals surface area contributed by atoms with Gasteiger partial charge in [0.1, 0.15) is 17.7 Å². The zero-order valence-corrected chi connectivity index (χ0v) is 9.61. The molecule has 2 aromatic rings. The van der Waals surface area contributed by atoms with E-state index < -0.39 is 0 Å². The van der Waals surface area contributed by atoms with Gasteiger partial charge in [0.15, 0.2) is 11.5 Å². The van der Waals surface area contributed by atoms with Gasteiger partial charge in [0, 0.05) is 0 Å². The van der Waals surface area contributed by atoms with E-state index in [2.05, 4.69) is 19.9 Å². The van der Waals surface area contributed by atoms with Gasteiger partial charge in [0.05, 0.1) is 5.54 Å². The number of aromatic nitrogens is 4. The van der Waals surface area contributed by atoms with Crippen LogP contribution in [0.1, 0.15) is 37.9 Å². The predicted molar refractivity (Wildman–Crippen MR) is 65.0 cm³/mol. The molecule has 0 amide bonds. The molecule has 6 heteroatoms. The van der Waals surface area contributed by atoms with Gasteiger partial charge in [-0.15, -0.1) is 0 Å². The molecule has 1 aliphatic carbocycles. The number of nitrogens with one attached hydrogen (secondary N) is 1. The molecule has 0 radical (unpaired) electrons. The Labute approximate surface area is 98.8 Å². The first-order chi connectivity index (χ1) is 8.19. The van der Waals surface area contributed by atoms with Crippen LogP contribution in [0.25, 0.3) is 11.2 Å². The minimum atomic E-state index is -0.356. The molecule has 90 valence electrons. The number of imidazole rings is 1. The van der Waals surface area contributed by atoms with Crippen molar-refractivity contribution in [1.29, 1.82) is 0 Å². The van der Waals surface area contributed by atoms with Crippen molar-refractivity contribution in [3.05, 3.63) is 12.2 Å². The van der Waals surface area contributed by atoms with Crippen molar-refractivity contribution < 1.29 is 0 Å². The van der Waals surface area contributed by atoms with Gasteiger partial charge in [-0.3, -0.25) is 0 Å². The van der Waals surface area contributed by atoms with Gasteiger partial charge in [-0.2, -0.15) is 0 Å². The maximum Gasteiger partial charge on any atom is 0.183 e. The molecule has 1 fully saturated rings. The molecule has 6 nitrogen and oxygen atoms in total. The van der Waals surface area contributed by atoms with Crippen LogP contribution in [0.2, 0.25) is 0 Å². The molecule has 2 heterocycles. The first-order valence-corrected chi connectivity index (χ1v) is 5.95. The third-order valence-electron chi connectivity index (χ3n) is 3.54. The zero-order chi connectivity index (χ0) is 11.9. The van der Waals surface area contributed by atoms with E-state index in [4.69, 9.17) is 11.5 Å². The Morgan fingerprint density at radius 2 is 1.94 bits per heavy atom. The second-order valence-corrected chi connectivity index (χ2v) is 4.76. The number of nitrogen functional groups attached to an aromatic ring is 1. The number of fused-ring (bicyclic) bond motifs is 1. The maximum absolute atomic E-state index is 6.41.